The second kappa shape index (κ2) is 12.7. The molecule has 2 N–H and O–H groups in total. The normalized spacial score (nSPS) is 25.0. The maximum absolute atomic E-state index is 13.5. The molecule has 4 unspecified atom stereocenters. The third-order valence-electron chi connectivity index (χ3n) is 7.34. The summed E-state index contributed by atoms with van der Waals surface area (Å²) in [7, 11) is -5.82. The third kappa shape index (κ3) is 8.06. The fourth-order valence-corrected chi connectivity index (χ4v) is 10.4. The van der Waals surface area contributed by atoms with Crippen LogP contribution in [0.4, 0.5) is 26.3 Å². The van der Waals surface area contributed by atoms with Gasteiger partial charge in [0.25, 0.3) is 15.7 Å². The minimum atomic E-state index is -6.32. The van der Waals surface area contributed by atoms with Crippen LogP contribution in [0.5, 0.6) is 5.75 Å². The van der Waals surface area contributed by atoms with Crippen LogP contribution in [0.25, 0.3) is 0 Å². The molecule has 2 aliphatic carbocycles. The third-order valence-corrected chi connectivity index (χ3v) is 10.3. The molecular weight excluding hydrogens is 915 g/mol. The van der Waals surface area contributed by atoms with Gasteiger partial charge in [0.2, 0.25) is 0 Å². The van der Waals surface area contributed by atoms with Gasteiger partial charge in [-0.3, -0.25) is 9.35 Å². The number of carbonyl (C=O) groups is 1. The number of fused-ring (bicyclic) bond motifs is 2. The van der Waals surface area contributed by atoms with Gasteiger partial charge in [0, 0.05) is 3.57 Å². The molecule has 1 aromatic carbocycles. The summed E-state index contributed by atoms with van der Waals surface area (Å²) in [4.78, 5) is 13.5. The van der Waals surface area contributed by atoms with Gasteiger partial charge in [-0.05, 0) is 130 Å². The Kier molecular flexibility index (Phi) is 11.1. The zero-order chi connectivity index (χ0) is 30.3. The summed E-state index contributed by atoms with van der Waals surface area (Å²) in [6.45, 7) is 0. The summed E-state index contributed by atoms with van der Waals surface area (Å²) in [5.74, 6) is -3.15. The Morgan fingerprint density at radius 3 is 2.17 bits per heavy atom. The van der Waals surface area contributed by atoms with Gasteiger partial charge in [-0.15, -0.1) is 0 Å². The Hall–Kier alpha value is 0.290. The molecule has 0 radical (unpaired) electrons. The van der Waals surface area contributed by atoms with E-state index in [9.17, 15) is 44.7 Å². The predicted octanol–water partition coefficient (Wildman–Crippen LogP) is 6.86. The van der Waals surface area contributed by atoms with Crippen molar-refractivity contribution in [3.05, 3.63) is 22.8 Å². The highest BCUT2D eigenvalue weighted by molar-refractivity contribution is 14.1. The Labute approximate surface area is 267 Å². The lowest BCUT2D eigenvalue weighted by Crippen LogP contribution is -2.64. The molecular formula is C23H25F6I3O7S. The zero-order valence-electron chi connectivity index (χ0n) is 20.5. The maximum atomic E-state index is 13.5. The fourth-order valence-electron chi connectivity index (χ4n) is 5.71. The van der Waals surface area contributed by atoms with Crippen molar-refractivity contribution >= 4 is 83.9 Å². The first kappa shape index (κ1) is 34.8. The first-order valence-corrected chi connectivity index (χ1v) is 16.8. The van der Waals surface area contributed by atoms with Crippen LogP contribution < -0.4 is 4.74 Å². The maximum Gasteiger partial charge on any atom is 0.427 e. The molecule has 2 saturated carbocycles. The number of aliphatic hydroxyl groups is 1. The summed E-state index contributed by atoms with van der Waals surface area (Å²) in [5, 5.41) is 10.1. The minimum Gasteiger partial charge on any atom is -0.424 e. The van der Waals surface area contributed by atoms with Crippen LogP contribution in [0, 0.1) is 28.0 Å². The highest BCUT2D eigenvalue weighted by Crippen LogP contribution is 2.53. The average molecular weight is 940 g/mol. The molecule has 228 valence electrons. The van der Waals surface area contributed by atoms with E-state index in [4.69, 9.17) is 9.29 Å². The van der Waals surface area contributed by atoms with Crippen LogP contribution >= 0.6 is 67.8 Å². The molecule has 3 rings (SSSR count). The molecule has 7 nitrogen and oxygen atoms in total. The SMILES string of the molecule is O=C(Oc1c(I)cc(I)cc1I)C12CCCC(CC(CCC(O)OC(CS(=O)(=O)O)(C(F)(F)F)C(F)(F)F)C1)C2. The van der Waals surface area contributed by atoms with Crippen molar-refractivity contribution in [3.63, 3.8) is 0 Å². The van der Waals surface area contributed by atoms with Crippen LogP contribution in [0.3, 0.4) is 0 Å². The van der Waals surface area contributed by atoms with Gasteiger partial charge >= 0.3 is 18.3 Å². The van der Waals surface area contributed by atoms with Crippen molar-refractivity contribution in [1.82, 2.24) is 0 Å². The van der Waals surface area contributed by atoms with Gasteiger partial charge in [-0.2, -0.15) is 34.8 Å². The number of hydrogen-bond donors (Lipinski definition) is 2. The van der Waals surface area contributed by atoms with Gasteiger partial charge in [0.1, 0.15) is 5.75 Å². The number of halogens is 9. The van der Waals surface area contributed by atoms with Crippen molar-refractivity contribution in [3.8, 4) is 5.75 Å². The topological polar surface area (TPSA) is 110 Å². The van der Waals surface area contributed by atoms with Crippen molar-refractivity contribution in [1.29, 1.82) is 0 Å². The van der Waals surface area contributed by atoms with Crippen molar-refractivity contribution in [2.24, 2.45) is 17.3 Å². The van der Waals surface area contributed by atoms with Gasteiger partial charge in [-0.25, -0.2) is 0 Å². The molecule has 1 aromatic rings. The van der Waals surface area contributed by atoms with E-state index in [1.54, 1.807) is 0 Å². The number of hydrogen-bond acceptors (Lipinski definition) is 6. The molecule has 17 heteroatoms. The smallest absolute Gasteiger partial charge is 0.424 e. The Balaban J connectivity index is 1.75. The number of alkyl halides is 6. The second-order valence-corrected chi connectivity index (χ2v) is 15.4. The molecule has 2 bridgehead atoms. The molecule has 0 saturated heterocycles. The summed E-state index contributed by atoms with van der Waals surface area (Å²) in [6, 6.07) is 3.70. The predicted molar refractivity (Wildman–Crippen MR) is 155 cm³/mol. The number of benzene rings is 1. The molecule has 2 aliphatic rings. The zero-order valence-corrected chi connectivity index (χ0v) is 27.8. The van der Waals surface area contributed by atoms with Gasteiger partial charge < -0.3 is 14.6 Å². The number of aliphatic hydroxyl groups excluding tert-OH is 1. The van der Waals surface area contributed by atoms with E-state index >= 15 is 0 Å². The van der Waals surface area contributed by atoms with Crippen molar-refractivity contribution in [2.75, 3.05) is 5.75 Å². The standard InChI is InChI=1S/C23H25F6I3O7S/c24-22(25,26)21(23(27,28)29,11-40(35,36)37)39-17(33)4-3-13-6-12-2-1-5-20(9-12,10-13)19(34)38-18-15(31)7-14(30)8-16(18)32/h7-8,12-13,17,33H,1-6,9-11H2,(H,35,36,37). The molecule has 0 amide bonds. The Morgan fingerprint density at radius 1 is 1.07 bits per heavy atom. The Bertz CT molecular complexity index is 1170. The van der Waals surface area contributed by atoms with E-state index < -0.39 is 57.9 Å². The van der Waals surface area contributed by atoms with Crippen LogP contribution in [0.2, 0.25) is 0 Å². The van der Waals surface area contributed by atoms with E-state index in [-0.39, 0.29) is 24.7 Å². The molecule has 0 spiro atoms. The number of ether oxygens (including phenoxy) is 2. The highest BCUT2D eigenvalue weighted by atomic mass is 127. The van der Waals surface area contributed by atoms with E-state index in [0.29, 0.717) is 25.0 Å². The van der Waals surface area contributed by atoms with Crippen LogP contribution in [-0.4, -0.2) is 54.0 Å². The van der Waals surface area contributed by atoms with Gasteiger partial charge in [0.05, 0.1) is 12.6 Å². The molecule has 0 aromatic heterocycles. The van der Waals surface area contributed by atoms with E-state index in [1.165, 1.54) is 0 Å². The number of rotatable bonds is 9. The van der Waals surface area contributed by atoms with Gasteiger partial charge in [0.15, 0.2) is 12.0 Å². The number of carbonyl (C=O) groups excluding carboxylic acids is 1. The van der Waals surface area contributed by atoms with Gasteiger partial charge in [-0.1, -0.05) is 12.8 Å². The number of esters is 1. The first-order valence-electron chi connectivity index (χ1n) is 12.0. The average Bonchev–Trinajstić information content (AvgIpc) is 2.76. The quantitative estimate of drug-likeness (QED) is 0.0696. The summed E-state index contributed by atoms with van der Waals surface area (Å²) in [5.41, 5.74) is -6.22. The monoisotopic (exact) mass is 940 g/mol. The van der Waals surface area contributed by atoms with E-state index in [0.717, 1.165) is 23.6 Å². The lowest BCUT2D eigenvalue weighted by Gasteiger charge is -2.46. The second-order valence-electron chi connectivity index (χ2n) is 10.3. The van der Waals surface area contributed by atoms with E-state index in [2.05, 4.69) is 72.5 Å². The van der Waals surface area contributed by atoms with Crippen LogP contribution in [0.15, 0.2) is 12.1 Å². The highest BCUT2D eigenvalue weighted by Gasteiger charge is 2.74. The Morgan fingerprint density at radius 2 is 1.65 bits per heavy atom. The largest absolute Gasteiger partial charge is 0.427 e. The lowest BCUT2D eigenvalue weighted by molar-refractivity contribution is -0.398. The first-order chi connectivity index (χ1) is 18.2. The van der Waals surface area contributed by atoms with E-state index in [1.807, 2.05) is 12.1 Å². The van der Waals surface area contributed by atoms with Crippen molar-refractivity contribution < 1.29 is 58.7 Å². The molecule has 4 atom stereocenters. The molecule has 0 heterocycles. The van der Waals surface area contributed by atoms with Crippen molar-refractivity contribution in [2.45, 2.75) is 75.6 Å². The molecule has 2 fully saturated rings. The summed E-state index contributed by atoms with van der Waals surface area (Å²) < 4.78 is 124. The molecule has 0 aliphatic heterocycles. The fraction of sp³-hybridized carbons (Fsp3) is 0.696. The van der Waals surface area contributed by atoms with Crippen LogP contribution in [-0.2, 0) is 19.6 Å². The summed E-state index contributed by atoms with van der Waals surface area (Å²) in [6.07, 6.45) is -12.6. The lowest BCUT2D eigenvalue weighted by atomic mass is 9.58. The summed E-state index contributed by atoms with van der Waals surface area (Å²) >= 11 is 6.26. The molecule has 40 heavy (non-hydrogen) atoms. The van der Waals surface area contributed by atoms with Crippen LogP contribution in [0.1, 0.15) is 51.4 Å². The minimum absolute atomic E-state index is 0.0804.